The van der Waals surface area contributed by atoms with Gasteiger partial charge in [-0.3, -0.25) is 24.6 Å². The SMILES string of the molecule is CC.CCCCC.CN1C(=O)CCC(N2Cc3cc(CNC(=O)Nc4ccccn4)ccc3C2=O)C1=O.[HH].[HH]. The summed E-state index contributed by atoms with van der Waals surface area (Å²) in [5, 5.41) is 5.40. The molecule has 3 heterocycles. The maximum Gasteiger partial charge on any atom is 0.320 e. The number of imide groups is 1. The van der Waals surface area contributed by atoms with E-state index in [1.54, 1.807) is 36.5 Å². The van der Waals surface area contributed by atoms with Gasteiger partial charge >= 0.3 is 6.03 Å². The van der Waals surface area contributed by atoms with Gasteiger partial charge in [-0.15, -0.1) is 0 Å². The summed E-state index contributed by atoms with van der Waals surface area (Å²) in [6.07, 6.45) is 6.24. The lowest BCUT2D eigenvalue weighted by Gasteiger charge is -2.33. The fraction of sp³-hybridized carbons (Fsp3) is 0.464. The van der Waals surface area contributed by atoms with Crippen LogP contribution in [0.4, 0.5) is 10.6 Å². The third-order valence-corrected chi connectivity index (χ3v) is 6.07. The summed E-state index contributed by atoms with van der Waals surface area (Å²) in [6, 6.07) is 9.56. The van der Waals surface area contributed by atoms with Crippen molar-refractivity contribution in [3.8, 4) is 0 Å². The molecule has 1 fully saturated rings. The maximum atomic E-state index is 12.8. The van der Waals surface area contributed by atoms with E-state index in [1.807, 2.05) is 19.9 Å². The molecular formula is C28H43N5O4. The van der Waals surface area contributed by atoms with Crippen molar-refractivity contribution in [2.75, 3.05) is 12.4 Å². The van der Waals surface area contributed by atoms with E-state index in [2.05, 4.69) is 29.5 Å². The number of nitrogens with one attached hydrogen (secondary N) is 2. The Morgan fingerprint density at radius 1 is 1.11 bits per heavy atom. The number of likely N-dealkylation sites (N-methyl/N-ethyl adjacent to an activating group) is 1. The summed E-state index contributed by atoms with van der Waals surface area (Å²) in [7, 11) is 1.45. The zero-order chi connectivity index (χ0) is 27.4. The van der Waals surface area contributed by atoms with E-state index in [-0.39, 0.29) is 39.6 Å². The Kier molecular flexibility index (Phi) is 11.7. The van der Waals surface area contributed by atoms with Crippen LogP contribution in [0.1, 0.15) is 84.1 Å². The van der Waals surface area contributed by atoms with Crippen molar-refractivity contribution >= 4 is 29.6 Å². The summed E-state index contributed by atoms with van der Waals surface area (Å²) in [5.41, 5.74) is 2.18. The van der Waals surface area contributed by atoms with Crippen molar-refractivity contribution in [3.05, 3.63) is 59.3 Å². The molecule has 1 unspecified atom stereocenters. The Morgan fingerprint density at radius 2 is 1.84 bits per heavy atom. The molecule has 0 spiro atoms. The molecule has 0 saturated carbocycles. The number of urea groups is 1. The Morgan fingerprint density at radius 3 is 2.46 bits per heavy atom. The minimum absolute atomic E-state index is 0. The molecule has 2 N–H and O–H groups in total. The number of anilines is 1. The number of unbranched alkanes of at least 4 members (excludes halogenated alkanes) is 2. The first-order valence-electron chi connectivity index (χ1n) is 13.0. The van der Waals surface area contributed by atoms with Crippen LogP contribution in [0.25, 0.3) is 0 Å². The lowest BCUT2D eigenvalue weighted by Crippen LogP contribution is -2.53. The highest BCUT2D eigenvalue weighted by Gasteiger charge is 2.41. The van der Waals surface area contributed by atoms with Crippen LogP contribution >= 0.6 is 0 Å². The third kappa shape index (κ3) is 7.87. The number of fused-ring (bicyclic) bond motifs is 1. The first-order chi connectivity index (χ1) is 17.8. The van der Waals surface area contributed by atoms with E-state index < -0.39 is 6.04 Å². The van der Waals surface area contributed by atoms with Crippen molar-refractivity contribution in [1.82, 2.24) is 20.1 Å². The largest absolute Gasteiger partial charge is 0.334 e. The molecule has 0 bridgehead atoms. The molecule has 2 aromatic rings. The van der Waals surface area contributed by atoms with E-state index in [0.717, 1.165) is 16.0 Å². The predicted octanol–water partition coefficient (Wildman–Crippen LogP) is 5.22. The Balaban J connectivity index is 0.00000145. The number of carbonyl (C=O) groups is 4. The molecule has 0 radical (unpaired) electrons. The Bertz CT molecular complexity index is 1080. The third-order valence-electron chi connectivity index (χ3n) is 6.07. The average molecular weight is 514 g/mol. The normalized spacial score (nSPS) is 16.2. The number of piperidine rings is 1. The molecule has 1 aromatic heterocycles. The highest BCUT2D eigenvalue weighted by atomic mass is 16.2. The topological polar surface area (TPSA) is 112 Å². The molecule has 204 valence electrons. The highest BCUT2D eigenvalue weighted by molar-refractivity contribution is 6.05. The summed E-state index contributed by atoms with van der Waals surface area (Å²) in [5.74, 6) is -0.331. The van der Waals surface area contributed by atoms with Gasteiger partial charge in [0.05, 0.1) is 0 Å². The number of nitrogens with zero attached hydrogens (tertiary/aromatic N) is 3. The monoisotopic (exact) mass is 513 g/mol. The minimum Gasteiger partial charge on any atom is -0.334 e. The fourth-order valence-corrected chi connectivity index (χ4v) is 4.08. The molecule has 1 atom stereocenters. The lowest BCUT2D eigenvalue weighted by atomic mass is 10.0. The van der Waals surface area contributed by atoms with Crippen LogP contribution in [0.2, 0.25) is 0 Å². The lowest BCUT2D eigenvalue weighted by molar-refractivity contribution is -0.150. The number of amides is 5. The molecule has 0 aliphatic carbocycles. The van der Waals surface area contributed by atoms with Crippen molar-refractivity contribution in [3.63, 3.8) is 0 Å². The minimum atomic E-state index is -0.627. The van der Waals surface area contributed by atoms with E-state index in [1.165, 1.54) is 31.2 Å². The highest BCUT2D eigenvalue weighted by Crippen LogP contribution is 2.29. The van der Waals surface area contributed by atoms with E-state index in [0.29, 0.717) is 24.3 Å². The second-order valence-corrected chi connectivity index (χ2v) is 8.65. The molecular weight excluding hydrogens is 470 g/mol. The summed E-state index contributed by atoms with van der Waals surface area (Å²) in [6.45, 7) is 9.01. The summed E-state index contributed by atoms with van der Waals surface area (Å²) >= 11 is 0. The molecule has 4 rings (SSSR count). The van der Waals surface area contributed by atoms with E-state index >= 15 is 0 Å². The van der Waals surface area contributed by atoms with Gasteiger partial charge in [0.15, 0.2) is 0 Å². The second-order valence-electron chi connectivity index (χ2n) is 8.65. The standard InChI is InChI=1S/C21H21N5O4.C5H12.C2H6.2H2/c1-25-18(27)8-7-16(20(25)29)26-12-14-10-13(5-6-15(14)19(26)28)11-23-21(30)24-17-4-2-3-9-22-17;1-3-5-4-2;1-2;;/h2-6,9-10,16H,7-8,11-12H2,1H3,(H2,22,23,24,30);3-5H2,1-2H3;1-2H3;2*1H. The molecule has 9 heteroatoms. The zero-order valence-corrected chi connectivity index (χ0v) is 22.5. The van der Waals surface area contributed by atoms with Crippen LogP contribution in [0.3, 0.4) is 0 Å². The van der Waals surface area contributed by atoms with Gasteiger partial charge < -0.3 is 10.2 Å². The smallest absolute Gasteiger partial charge is 0.320 e. The molecule has 1 aromatic carbocycles. The van der Waals surface area contributed by atoms with Crippen molar-refractivity contribution in [1.29, 1.82) is 0 Å². The predicted molar refractivity (Wildman–Crippen MR) is 148 cm³/mol. The molecule has 2 aliphatic heterocycles. The van der Waals surface area contributed by atoms with Crippen LogP contribution in [-0.2, 0) is 22.7 Å². The van der Waals surface area contributed by atoms with Gasteiger partial charge in [-0.05, 0) is 35.7 Å². The van der Waals surface area contributed by atoms with Crippen molar-refractivity contribution < 1.29 is 22.0 Å². The van der Waals surface area contributed by atoms with Gasteiger partial charge in [0, 0.05) is 41.2 Å². The number of rotatable bonds is 6. The van der Waals surface area contributed by atoms with Gasteiger partial charge in [0.2, 0.25) is 5.91 Å². The second kappa shape index (κ2) is 14.7. The molecule has 9 nitrogen and oxygen atoms in total. The zero-order valence-electron chi connectivity index (χ0n) is 22.5. The first kappa shape index (κ1) is 29.5. The number of hydrogen-bond acceptors (Lipinski definition) is 5. The van der Waals surface area contributed by atoms with Gasteiger partial charge in [0.1, 0.15) is 11.9 Å². The summed E-state index contributed by atoms with van der Waals surface area (Å²) in [4.78, 5) is 55.7. The van der Waals surface area contributed by atoms with Crippen LogP contribution < -0.4 is 10.6 Å². The Hall–Kier alpha value is -3.75. The van der Waals surface area contributed by atoms with Crippen LogP contribution in [0, 0.1) is 0 Å². The van der Waals surface area contributed by atoms with E-state index in [4.69, 9.17) is 0 Å². The van der Waals surface area contributed by atoms with E-state index in [9.17, 15) is 19.2 Å². The fourth-order valence-electron chi connectivity index (χ4n) is 4.08. The molecule has 37 heavy (non-hydrogen) atoms. The number of likely N-dealkylation sites (tertiary alicyclic amines) is 1. The number of carbonyl (C=O) groups excluding carboxylic acids is 4. The Labute approximate surface area is 222 Å². The van der Waals surface area contributed by atoms with Crippen LogP contribution in [-0.4, -0.2) is 51.6 Å². The molecule has 1 saturated heterocycles. The molecule has 2 aliphatic rings. The van der Waals surface area contributed by atoms with Crippen molar-refractivity contribution in [2.24, 2.45) is 0 Å². The van der Waals surface area contributed by atoms with Gasteiger partial charge in [-0.1, -0.05) is 65.2 Å². The van der Waals surface area contributed by atoms with Gasteiger partial charge in [0.25, 0.3) is 11.8 Å². The van der Waals surface area contributed by atoms with Crippen LogP contribution in [0.5, 0.6) is 0 Å². The maximum absolute atomic E-state index is 12.8. The number of hydrogen-bond donors (Lipinski definition) is 2. The molecule has 5 amide bonds. The van der Waals surface area contributed by atoms with Crippen molar-refractivity contribution in [2.45, 2.75) is 78.9 Å². The number of pyridine rings is 1. The number of aromatic nitrogens is 1. The first-order valence-corrected chi connectivity index (χ1v) is 13.0. The summed E-state index contributed by atoms with van der Waals surface area (Å²) < 4.78 is 0. The van der Waals surface area contributed by atoms with Crippen LogP contribution in [0.15, 0.2) is 42.6 Å². The van der Waals surface area contributed by atoms with Gasteiger partial charge in [-0.25, -0.2) is 9.78 Å². The average Bonchev–Trinajstić information content (AvgIpc) is 3.24. The quantitative estimate of drug-likeness (QED) is 0.514. The number of benzene rings is 1. The van der Waals surface area contributed by atoms with Gasteiger partial charge in [-0.2, -0.15) is 0 Å².